The first-order chi connectivity index (χ1) is 8.15. The van der Waals surface area contributed by atoms with E-state index in [9.17, 15) is 4.79 Å². The average molecular weight is 229 g/mol. The van der Waals surface area contributed by atoms with E-state index >= 15 is 0 Å². The summed E-state index contributed by atoms with van der Waals surface area (Å²) in [4.78, 5) is 15.5. The molecule has 0 heterocycles. The first-order valence-corrected chi connectivity index (χ1v) is 5.20. The summed E-state index contributed by atoms with van der Waals surface area (Å²) in [7, 11) is 0. The Hall–Kier alpha value is -2.16. The van der Waals surface area contributed by atoms with Crippen molar-refractivity contribution < 1.29 is 9.53 Å². The van der Waals surface area contributed by atoms with Gasteiger partial charge in [-0.05, 0) is 18.1 Å². The third kappa shape index (κ3) is 4.07. The van der Waals surface area contributed by atoms with Gasteiger partial charge in [0.2, 0.25) is 0 Å². The molecule has 88 valence electrons. The number of carbonyl (C=O) groups excluding carboxylic acids is 1. The monoisotopic (exact) mass is 229 g/mol. The van der Waals surface area contributed by atoms with E-state index in [2.05, 4.69) is 18.2 Å². The number of aliphatic imine (C=N–C) groups is 1. The Morgan fingerprint density at radius 3 is 2.59 bits per heavy atom. The van der Waals surface area contributed by atoms with Gasteiger partial charge in [0.1, 0.15) is 6.61 Å². The highest BCUT2D eigenvalue weighted by molar-refractivity contribution is 6.43. The Bertz CT molecular complexity index is 447. The van der Waals surface area contributed by atoms with E-state index in [0.29, 0.717) is 5.57 Å². The Labute approximate surface area is 101 Å². The number of benzene rings is 1. The van der Waals surface area contributed by atoms with Crippen molar-refractivity contribution >= 4 is 11.7 Å². The van der Waals surface area contributed by atoms with E-state index in [4.69, 9.17) is 4.74 Å². The zero-order chi connectivity index (χ0) is 12.7. The van der Waals surface area contributed by atoms with Gasteiger partial charge in [-0.1, -0.05) is 43.5 Å². The van der Waals surface area contributed by atoms with Crippen LogP contribution in [0.5, 0.6) is 0 Å². The number of nitrogens with zero attached hydrogens (tertiary/aromatic N) is 1. The Morgan fingerprint density at radius 1 is 1.41 bits per heavy atom. The maximum absolute atomic E-state index is 11.7. The first kappa shape index (κ1) is 12.9. The highest BCUT2D eigenvalue weighted by Gasteiger charge is 2.13. The van der Waals surface area contributed by atoms with Crippen LogP contribution in [-0.4, -0.2) is 11.7 Å². The van der Waals surface area contributed by atoms with Crippen molar-refractivity contribution in [2.75, 3.05) is 0 Å². The summed E-state index contributed by atoms with van der Waals surface area (Å²) >= 11 is 0. The fourth-order valence-corrected chi connectivity index (χ4v) is 1.22. The Morgan fingerprint density at radius 2 is 2.06 bits per heavy atom. The molecule has 0 saturated carbocycles. The van der Waals surface area contributed by atoms with Crippen LogP contribution in [0.2, 0.25) is 0 Å². The van der Waals surface area contributed by atoms with E-state index in [0.717, 1.165) is 5.56 Å². The Kier molecular flexibility index (Phi) is 4.88. The van der Waals surface area contributed by atoms with Crippen molar-refractivity contribution in [1.82, 2.24) is 0 Å². The lowest BCUT2D eigenvalue weighted by Gasteiger charge is -2.06. The molecule has 0 amide bonds. The zero-order valence-electron chi connectivity index (χ0n) is 9.85. The minimum Gasteiger partial charge on any atom is -0.456 e. The molecule has 1 rings (SSSR count). The highest BCUT2D eigenvalue weighted by Crippen LogP contribution is 2.03. The minimum absolute atomic E-state index is 0.205. The maximum Gasteiger partial charge on any atom is 0.357 e. The van der Waals surface area contributed by atoms with Gasteiger partial charge in [-0.15, -0.1) is 0 Å². The van der Waals surface area contributed by atoms with Crippen LogP contribution < -0.4 is 0 Å². The number of rotatable bonds is 5. The average Bonchev–Trinajstić information content (AvgIpc) is 2.34. The van der Waals surface area contributed by atoms with Crippen LogP contribution in [0.15, 0.2) is 60.3 Å². The van der Waals surface area contributed by atoms with Crippen molar-refractivity contribution in [2.24, 2.45) is 4.99 Å². The lowest BCUT2D eigenvalue weighted by atomic mass is 10.2. The molecule has 1 aromatic rings. The van der Waals surface area contributed by atoms with Crippen LogP contribution in [0, 0.1) is 0 Å². The molecule has 0 bridgehead atoms. The zero-order valence-corrected chi connectivity index (χ0v) is 9.85. The van der Waals surface area contributed by atoms with Gasteiger partial charge in [-0.25, -0.2) is 9.79 Å². The number of ether oxygens (including phenoxy) is 1. The first-order valence-electron chi connectivity index (χ1n) is 5.20. The van der Waals surface area contributed by atoms with Gasteiger partial charge in [0.05, 0.1) is 0 Å². The lowest BCUT2D eigenvalue weighted by Crippen LogP contribution is -2.18. The van der Waals surface area contributed by atoms with Gasteiger partial charge in [-0.2, -0.15) is 0 Å². The largest absolute Gasteiger partial charge is 0.456 e. The fourth-order valence-electron chi connectivity index (χ4n) is 1.22. The minimum atomic E-state index is -0.485. The summed E-state index contributed by atoms with van der Waals surface area (Å²) in [5, 5.41) is 0. The maximum atomic E-state index is 11.7. The molecular weight excluding hydrogens is 214 g/mol. The molecule has 3 heteroatoms. The Balaban J connectivity index is 2.63. The molecule has 0 N–H and O–H groups in total. The molecule has 0 aliphatic carbocycles. The summed E-state index contributed by atoms with van der Waals surface area (Å²) in [6.45, 7) is 9.04. The summed E-state index contributed by atoms with van der Waals surface area (Å²) in [5.41, 5.74) is 1.69. The van der Waals surface area contributed by atoms with Crippen molar-refractivity contribution in [1.29, 1.82) is 0 Å². The van der Waals surface area contributed by atoms with E-state index in [1.54, 1.807) is 6.92 Å². The molecule has 3 nitrogen and oxygen atoms in total. The van der Waals surface area contributed by atoms with Gasteiger partial charge < -0.3 is 4.74 Å². The molecule has 1 aromatic carbocycles. The van der Waals surface area contributed by atoms with Gasteiger partial charge in [0.25, 0.3) is 0 Å². The number of carbonyl (C=O) groups is 1. The van der Waals surface area contributed by atoms with E-state index in [1.807, 2.05) is 30.3 Å². The van der Waals surface area contributed by atoms with Crippen LogP contribution in [0.25, 0.3) is 0 Å². The topological polar surface area (TPSA) is 38.7 Å². The summed E-state index contributed by atoms with van der Waals surface area (Å²) < 4.78 is 5.13. The quantitative estimate of drug-likeness (QED) is 0.575. The molecule has 0 fully saturated rings. The number of hydrogen-bond donors (Lipinski definition) is 0. The predicted octanol–water partition coefficient (Wildman–Crippen LogP) is 2.89. The number of esters is 1. The van der Waals surface area contributed by atoms with Crippen molar-refractivity contribution in [3.05, 3.63) is 60.8 Å². The van der Waals surface area contributed by atoms with Crippen molar-refractivity contribution in [2.45, 2.75) is 13.5 Å². The standard InChI is InChI=1S/C14H15NO2/c1-4-15-13(11(2)3)14(16)17-10-12-8-6-5-7-9-12/h4-9H,1-2,10H2,3H3/b15-13+. The van der Waals surface area contributed by atoms with Crippen LogP contribution in [0.4, 0.5) is 0 Å². The molecule has 0 radical (unpaired) electrons. The van der Waals surface area contributed by atoms with Crippen LogP contribution >= 0.6 is 0 Å². The van der Waals surface area contributed by atoms with Crippen LogP contribution in [-0.2, 0) is 16.1 Å². The SMILES string of the molecule is C=C/N=C(\C(=C)C)C(=O)OCc1ccccc1. The van der Waals surface area contributed by atoms with Gasteiger partial charge >= 0.3 is 5.97 Å². The molecular formula is C14H15NO2. The molecule has 0 atom stereocenters. The third-order valence-electron chi connectivity index (χ3n) is 2.03. The second kappa shape index (κ2) is 6.43. The molecule has 17 heavy (non-hydrogen) atoms. The van der Waals surface area contributed by atoms with Crippen LogP contribution in [0.3, 0.4) is 0 Å². The van der Waals surface area contributed by atoms with Gasteiger partial charge in [-0.3, -0.25) is 0 Å². The lowest BCUT2D eigenvalue weighted by molar-refractivity contribution is -0.136. The molecule has 0 aliphatic rings. The van der Waals surface area contributed by atoms with Crippen LogP contribution in [0.1, 0.15) is 12.5 Å². The predicted molar refractivity (Wildman–Crippen MR) is 68.7 cm³/mol. The molecule has 0 aliphatic heterocycles. The second-order valence-electron chi connectivity index (χ2n) is 3.50. The van der Waals surface area contributed by atoms with Gasteiger partial charge in [0.15, 0.2) is 5.71 Å². The molecule has 0 unspecified atom stereocenters. The molecule has 0 spiro atoms. The smallest absolute Gasteiger partial charge is 0.357 e. The van der Waals surface area contributed by atoms with Gasteiger partial charge in [0, 0.05) is 6.20 Å². The number of hydrogen-bond acceptors (Lipinski definition) is 3. The van der Waals surface area contributed by atoms with E-state index in [1.165, 1.54) is 6.20 Å². The summed E-state index contributed by atoms with van der Waals surface area (Å²) in [6, 6.07) is 9.46. The van der Waals surface area contributed by atoms with E-state index in [-0.39, 0.29) is 12.3 Å². The fraction of sp³-hybridized carbons (Fsp3) is 0.143. The second-order valence-corrected chi connectivity index (χ2v) is 3.50. The summed E-state index contributed by atoms with van der Waals surface area (Å²) in [6.07, 6.45) is 1.30. The molecule has 0 aromatic heterocycles. The molecule has 0 saturated heterocycles. The van der Waals surface area contributed by atoms with E-state index < -0.39 is 5.97 Å². The third-order valence-corrected chi connectivity index (χ3v) is 2.03. The summed E-state index contributed by atoms with van der Waals surface area (Å²) in [5.74, 6) is -0.485. The highest BCUT2D eigenvalue weighted by atomic mass is 16.5. The van der Waals surface area contributed by atoms with Crippen molar-refractivity contribution in [3.63, 3.8) is 0 Å². The normalized spacial score (nSPS) is 10.8. The van der Waals surface area contributed by atoms with Crippen molar-refractivity contribution in [3.8, 4) is 0 Å².